The third-order valence-corrected chi connectivity index (χ3v) is 3.57. The number of hydrogen-bond acceptors (Lipinski definition) is 9. The first-order chi connectivity index (χ1) is 10.5. The van der Waals surface area contributed by atoms with Crippen molar-refractivity contribution >= 4 is 34.9 Å². The summed E-state index contributed by atoms with van der Waals surface area (Å²) < 4.78 is 19.4. The predicted molar refractivity (Wildman–Crippen MR) is 78.1 cm³/mol. The second-order valence-electron chi connectivity index (χ2n) is 3.81. The molecule has 122 valence electrons. The van der Waals surface area contributed by atoms with Crippen LogP contribution >= 0.6 is 11.8 Å². The number of thioether (sulfide) groups is 1. The number of esters is 3. The summed E-state index contributed by atoms with van der Waals surface area (Å²) in [7, 11) is 2.31. The molecular weight excluding hydrogens is 314 g/mol. The van der Waals surface area contributed by atoms with Gasteiger partial charge < -0.3 is 18.9 Å². The quantitative estimate of drug-likeness (QED) is 0.535. The highest BCUT2D eigenvalue weighted by atomic mass is 32.2. The Bertz CT molecular complexity index is 526. The molecule has 1 unspecified atom stereocenters. The summed E-state index contributed by atoms with van der Waals surface area (Å²) in [6.45, 7) is 3.70. The molecule has 0 radical (unpaired) electrons. The molecule has 0 saturated heterocycles. The van der Waals surface area contributed by atoms with Crippen LogP contribution in [0.25, 0.3) is 0 Å². The summed E-state index contributed by atoms with van der Waals surface area (Å²) in [6.07, 6.45) is 0. The first-order valence-corrected chi connectivity index (χ1v) is 7.33. The van der Waals surface area contributed by atoms with Crippen LogP contribution in [-0.2, 0) is 33.3 Å². The maximum Gasteiger partial charge on any atom is 0.357 e. The number of aliphatic imine (C=N–C) groups is 1. The lowest BCUT2D eigenvalue weighted by molar-refractivity contribution is -0.143. The van der Waals surface area contributed by atoms with Crippen molar-refractivity contribution in [2.75, 3.05) is 27.4 Å². The average Bonchev–Trinajstić information content (AvgIpc) is 2.53. The standard InChI is InChI=1S/C13H17NO7S/c1-5-20-11(16)8-7(10(15)18-3)9(12(17)19-4)22-13(14-8)21-6-2/h9H,5-6H2,1-4H3. The molecule has 0 aromatic heterocycles. The van der Waals surface area contributed by atoms with Gasteiger partial charge in [0.2, 0.25) is 0 Å². The van der Waals surface area contributed by atoms with Crippen LogP contribution in [0.3, 0.4) is 0 Å². The maximum absolute atomic E-state index is 12.0. The van der Waals surface area contributed by atoms with E-state index in [1.54, 1.807) is 13.8 Å². The Balaban J connectivity index is 3.41. The molecule has 1 aliphatic heterocycles. The highest BCUT2D eigenvalue weighted by molar-refractivity contribution is 8.14. The van der Waals surface area contributed by atoms with Gasteiger partial charge >= 0.3 is 17.9 Å². The van der Waals surface area contributed by atoms with E-state index in [1.807, 2.05) is 0 Å². The van der Waals surface area contributed by atoms with E-state index < -0.39 is 23.2 Å². The zero-order chi connectivity index (χ0) is 16.7. The molecule has 0 bridgehead atoms. The summed E-state index contributed by atoms with van der Waals surface area (Å²) in [5, 5.41) is -1.04. The largest absolute Gasteiger partial charge is 0.473 e. The summed E-state index contributed by atoms with van der Waals surface area (Å²) in [4.78, 5) is 39.9. The Morgan fingerprint density at radius 3 is 2.27 bits per heavy atom. The molecule has 1 heterocycles. The highest BCUT2D eigenvalue weighted by Gasteiger charge is 2.40. The molecule has 0 aliphatic carbocycles. The second kappa shape index (κ2) is 8.42. The zero-order valence-corrected chi connectivity index (χ0v) is 13.5. The van der Waals surface area contributed by atoms with Gasteiger partial charge in [-0.05, 0) is 25.6 Å². The normalized spacial score (nSPS) is 17.5. The Kier molecular flexibility index (Phi) is 6.90. The summed E-state index contributed by atoms with van der Waals surface area (Å²) in [5.74, 6) is -2.42. The van der Waals surface area contributed by atoms with Crippen LogP contribution in [-0.4, -0.2) is 55.8 Å². The topological polar surface area (TPSA) is 100 Å². The number of ether oxygens (including phenoxy) is 4. The molecule has 0 N–H and O–H groups in total. The Morgan fingerprint density at radius 2 is 1.77 bits per heavy atom. The fourth-order valence-electron chi connectivity index (χ4n) is 1.59. The Morgan fingerprint density at radius 1 is 1.09 bits per heavy atom. The highest BCUT2D eigenvalue weighted by Crippen LogP contribution is 2.32. The van der Waals surface area contributed by atoms with Crippen LogP contribution in [0, 0.1) is 0 Å². The number of hydrogen-bond donors (Lipinski definition) is 0. The third-order valence-electron chi connectivity index (χ3n) is 2.50. The van der Waals surface area contributed by atoms with E-state index in [0.29, 0.717) is 0 Å². The summed E-state index contributed by atoms with van der Waals surface area (Å²) in [5.41, 5.74) is -0.535. The lowest BCUT2D eigenvalue weighted by Gasteiger charge is -2.22. The van der Waals surface area contributed by atoms with E-state index in [-0.39, 0.29) is 29.7 Å². The fraction of sp³-hybridized carbons (Fsp3) is 0.538. The van der Waals surface area contributed by atoms with Crippen molar-refractivity contribution in [3.63, 3.8) is 0 Å². The van der Waals surface area contributed by atoms with Crippen molar-refractivity contribution in [3.8, 4) is 0 Å². The van der Waals surface area contributed by atoms with Crippen molar-refractivity contribution in [1.82, 2.24) is 0 Å². The van der Waals surface area contributed by atoms with Crippen molar-refractivity contribution in [2.24, 2.45) is 4.99 Å². The van der Waals surface area contributed by atoms with Gasteiger partial charge in [0.25, 0.3) is 5.23 Å². The van der Waals surface area contributed by atoms with Crippen molar-refractivity contribution in [3.05, 3.63) is 11.3 Å². The monoisotopic (exact) mass is 331 g/mol. The zero-order valence-electron chi connectivity index (χ0n) is 12.7. The van der Waals surface area contributed by atoms with Gasteiger partial charge in [0, 0.05) is 0 Å². The molecule has 0 amide bonds. The minimum absolute atomic E-state index is 0.0774. The van der Waals surface area contributed by atoms with Crippen molar-refractivity contribution in [2.45, 2.75) is 19.1 Å². The number of nitrogens with zero attached hydrogens (tertiary/aromatic N) is 1. The van der Waals surface area contributed by atoms with E-state index in [2.05, 4.69) is 14.5 Å². The lowest BCUT2D eigenvalue weighted by atomic mass is 10.1. The SMILES string of the molecule is CCOC(=O)C1=C(C(=O)OC)C(C(=O)OC)SC(OCC)=N1. The van der Waals surface area contributed by atoms with Crippen LogP contribution in [0.1, 0.15) is 13.8 Å². The van der Waals surface area contributed by atoms with Crippen LogP contribution in [0.5, 0.6) is 0 Å². The minimum atomic E-state index is -1.11. The first kappa shape index (κ1) is 18.0. The third kappa shape index (κ3) is 4.00. The van der Waals surface area contributed by atoms with E-state index in [0.717, 1.165) is 18.9 Å². The number of methoxy groups -OCH3 is 2. The number of carbonyl (C=O) groups excluding carboxylic acids is 3. The smallest absolute Gasteiger partial charge is 0.357 e. The first-order valence-electron chi connectivity index (χ1n) is 6.45. The molecule has 0 fully saturated rings. The molecule has 1 aliphatic rings. The van der Waals surface area contributed by atoms with Gasteiger partial charge in [-0.3, -0.25) is 4.79 Å². The maximum atomic E-state index is 12.0. The molecule has 0 aromatic carbocycles. The summed E-state index contributed by atoms with van der Waals surface area (Å²) >= 11 is 0.867. The molecule has 22 heavy (non-hydrogen) atoms. The van der Waals surface area contributed by atoms with Gasteiger partial charge in [-0.15, -0.1) is 0 Å². The van der Waals surface area contributed by atoms with Gasteiger partial charge in [-0.25, -0.2) is 9.59 Å². The molecule has 0 spiro atoms. The van der Waals surface area contributed by atoms with E-state index in [9.17, 15) is 14.4 Å². The van der Waals surface area contributed by atoms with Crippen LogP contribution in [0.15, 0.2) is 16.3 Å². The molecule has 9 heteroatoms. The molecule has 8 nitrogen and oxygen atoms in total. The Labute approximate surface area is 131 Å². The van der Waals surface area contributed by atoms with E-state index in [4.69, 9.17) is 9.47 Å². The predicted octanol–water partition coefficient (Wildman–Crippen LogP) is 0.657. The molecule has 0 aromatic rings. The number of rotatable bonds is 5. The second-order valence-corrected chi connectivity index (χ2v) is 4.86. The van der Waals surface area contributed by atoms with Gasteiger partial charge in [0.15, 0.2) is 5.70 Å². The lowest BCUT2D eigenvalue weighted by Crippen LogP contribution is -2.33. The van der Waals surface area contributed by atoms with Gasteiger partial charge in [0.1, 0.15) is 5.25 Å². The Hall–Kier alpha value is -2.03. The van der Waals surface area contributed by atoms with E-state index in [1.165, 1.54) is 7.11 Å². The summed E-state index contributed by atoms with van der Waals surface area (Å²) in [6, 6.07) is 0. The van der Waals surface area contributed by atoms with Crippen LogP contribution < -0.4 is 0 Å². The number of carbonyl (C=O) groups is 3. The molecular formula is C13H17NO7S. The van der Waals surface area contributed by atoms with Gasteiger partial charge in [-0.2, -0.15) is 4.99 Å². The van der Waals surface area contributed by atoms with Crippen LogP contribution in [0.2, 0.25) is 0 Å². The minimum Gasteiger partial charge on any atom is -0.473 e. The molecule has 0 saturated carbocycles. The molecule has 1 rings (SSSR count). The fourth-order valence-corrected chi connectivity index (χ4v) is 2.64. The van der Waals surface area contributed by atoms with Crippen molar-refractivity contribution in [1.29, 1.82) is 0 Å². The van der Waals surface area contributed by atoms with Gasteiger partial charge in [-0.1, -0.05) is 0 Å². The van der Waals surface area contributed by atoms with E-state index >= 15 is 0 Å². The van der Waals surface area contributed by atoms with Crippen molar-refractivity contribution < 1.29 is 33.3 Å². The molecule has 1 atom stereocenters. The van der Waals surface area contributed by atoms with Crippen LogP contribution in [0.4, 0.5) is 0 Å². The van der Waals surface area contributed by atoms with Gasteiger partial charge in [0.05, 0.1) is 33.0 Å². The average molecular weight is 331 g/mol.